The van der Waals surface area contributed by atoms with Gasteiger partial charge in [0.15, 0.2) is 0 Å². The van der Waals surface area contributed by atoms with Gasteiger partial charge in [-0.3, -0.25) is 9.55 Å². The number of nitro groups is 1. The van der Waals surface area contributed by atoms with Crippen molar-refractivity contribution in [2.24, 2.45) is 0 Å². The predicted octanol–water partition coefficient (Wildman–Crippen LogP) is 4.50. The molecule has 0 bridgehead atoms. The molecule has 3 aromatic rings. The number of halogens is 4. The fourth-order valence-electron chi connectivity index (χ4n) is 3.06. The van der Waals surface area contributed by atoms with Crippen LogP contribution in [0.3, 0.4) is 0 Å². The molecule has 2 aromatic heterocycles. The number of aromatic nitrogens is 3. The molecule has 0 fully saturated rings. The molecule has 3 heterocycles. The van der Waals surface area contributed by atoms with E-state index in [1.807, 2.05) is 0 Å². The first-order valence-corrected chi connectivity index (χ1v) is 9.36. The van der Waals surface area contributed by atoms with Crippen LogP contribution in [-0.2, 0) is 24.1 Å². The van der Waals surface area contributed by atoms with Crippen LogP contribution in [0.2, 0.25) is 5.02 Å². The summed E-state index contributed by atoms with van der Waals surface area (Å²) < 4.78 is 51.0. The molecular weight excluding hydrogens is 441 g/mol. The Morgan fingerprint density at radius 2 is 2.13 bits per heavy atom. The van der Waals surface area contributed by atoms with Gasteiger partial charge in [-0.15, -0.1) is 0 Å². The average molecular weight is 455 g/mol. The number of nitrogens with zero attached hydrogens (tertiary/aromatic N) is 4. The standard InChI is InChI=1S/C19H14ClF3N4O4/c20-16-5-12(19(21,22)23)2-4-15(16)11-1-3-13(24-6-11)9-30-14-7-26-8-17(27(28)29)25-18(26)31-10-14/h1-6,8,14H,7,9-10H2/t14-/m0/s1. The van der Waals surface area contributed by atoms with E-state index in [1.165, 1.54) is 23.0 Å². The van der Waals surface area contributed by atoms with E-state index in [-0.39, 0.29) is 36.2 Å². The first kappa shape index (κ1) is 21.1. The van der Waals surface area contributed by atoms with Gasteiger partial charge in [0.2, 0.25) is 0 Å². The number of hydrogen-bond acceptors (Lipinski definition) is 6. The second kappa shape index (κ2) is 8.16. The highest BCUT2D eigenvalue weighted by atomic mass is 35.5. The number of pyridine rings is 1. The first-order valence-electron chi connectivity index (χ1n) is 8.99. The Morgan fingerprint density at radius 3 is 2.77 bits per heavy atom. The molecule has 1 aliphatic rings. The molecule has 0 saturated heterocycles. The summed E-state index contributed by atoms with van der Waals surface area (Å²) >= 11 is 6.02. The number of rotatable bonds is 5. The van der Waals surface area contributed by atoms with Crippen molar-refractivity contribution in [2.75, 3.05) is 6.61 Å². The van der Waals surface area contributed by atoms with E-state index in [0.29, 0.717) is 23.4 Å². The van der Waals surface area contributed by atoms with E-state index in [2.05, 4.69) is 9.97 Å². The van der Waals surface area contributed by atoms with Crippen LogP contribution in [0.15, 0.2) is 42.7 Å². The lowest BCUT2D eigenvalue weighted by Gasteiger charge is -2.22. The molecule has 1 aliphatic heterocycles. The van der Waals surface area contributed by atoms with Crippen LogP contribution in [0.25, 0.3) is 11.1 Å². The molecule has 1 atom stereocenters. The van der Waals surface area contributed by atoms with Gasteiger partial charge in [0, 0.05) is 27.3 Å². The van der Waals surface area contributed by atoms with Crippen LogP contribution >= 0.6 is 11.6 Å². The molecule has 0 N–H and O–H groups in total. The van der Waals surface area contributed by atoms with E-state index in [4.69, 9.17) is 21.1 Å². The van der Waals surface area contributed by atoms with E-state index >= 15 is 0 Å². The van der Waals surface area contributed by atoms with Gasteiger partial charge in [-0.25, -0.2) is 0 Å². The van der Waals surface area contributed by atoms with Crippen molar-refractivity contribution in [3.8, 4) is 17.1 Å². The van der Waals surface area contributed by atoms with Crippen molar-refractivity contribution in [2.45, 2.75) is 25.4 Å². The van der Waals surface area contributed by atoms with Gasteiger partial charge in [-0.05, 0) is 23.1 Å². The third-order valence-electron chi connectivity index (χ3n) is 4.61. The molecule has 1 aromatic carbocycles. The highest BCUT2D eigenvalue weighted by Gasteiger charge is 2.31. The summed E-state index contributed by atoms with van der Waals surface area (Å²) in [4.78, 5) is 18.2. The molecule has 0 unspecified atom stereocenters. The number of imidazole rings is 1. The molecule has 0 amide bonds. The summed E-state index contributed by atoms with van der Waals surface area (Å²) in [7, 11) is 0. The Kier molecular flexibility index (Phi) is 5.54. The molecule has 0 saturated carbocycles. The lowest BCUT2D eigenvalue weighted by Crippen LogP contribution is -2.32. The largest absolute Gasteiger partial charge is 0.443 e. The van der Waals surface area contributed by atoms with Crippen molar-refractivity contribution in [1.29, 1.82) is 0 Å². The molecule has 12 heteroatoms. The number of benzene rings is 1. The zero-order chi connectivity index (χ0) is 22.2. The Labute approximate surface area is 178 Å². The van der Waals surface area contributed by atoms with Crippen molar-refractivity contribution < 1.29 is 27.6 Å². The molecule has 4 rings (SSSR count). The van der Waals surface area contributed by atoms with Crippen LogP contribution < -0.4 is 4.74 Å². The van der Waals surface area contributed by atoms with Gasteiger partial charge < -0.3 is 19.6 Å². The van der Waals surface area contributed by atoms with Crippen molar-refractivity contribution in [3.63, 3.8) is 0 Å². The van der Waals surface area contributed by atoms with Crippen LogP contribution in [0, 0.1) is 10.1 Å². The summed E-state index contributed by atoms with van der Waals surface area (Å²) in [6.07, 6.45) is -2.03. The zero-order valence-corrected chi connectivity index (χ0v) is 16.4. The van der Waals surface area contributed by atoms with Crippen LogP contribution in [0.4, 0.5) is 19.0 Å². The molecular formula is C19H14ClF3N4O4. The molecule has 0 radical (unpaired) electrons. The Hall–Kier alpha value is -3.18. The lowest BCUT2D eigenvalue weighted by atomic mass is 10.0. The highest BCUT2D eigenvalue weighted by Crippen LogP contribution is 2.35. The molecule has 162 valence electrons. The van der Waals surface area contributed by atoms with Gasteiger partial charge in [-0.2, -0.15) is 13.2 Å². The molecule has 31 heavy (non-hydrogen) atoms. The summed E-state index contributed by atoms with van der Waals surface area (Å²) in [6, 6.07) is 6.69. The maximum Gasteiger partial charge on any atom is 0.416 e. The predicted molar refractivity (Wildman–Crippen MR) is 103 cm³/mol. The van der Waals surface area contributed by atoms with Crippen LogP contribution in [0.5, 0.6) is 6.01 Å². The number of hydrogen-bond donors (Lipinski definition) is 0. The highest BCUT2D eigenvalue weighted by molar-refractivity contribution is 6.33. The Balaban J connectivity index is 1.39. The fraction of sp³-hybridized carbons (Fsp3) is 0.263. The van der Waals surface area contributed by atoms with E-state index in [1.54, 1.807) is 12.1 Å². The summed E-state index contributed by atoms with van der Waals surface area (Å²) in [6.45, 7) is 0.685. The van der Waals surface area contributed by atoms with Crippen LogP contribution in [-0.4, -0.2) is 32.2 Å². The fourth-order valence-corrected chi connectivity index (χ4v) is 3.35. The lowest BCUT2D eigenvalue weighted by molar-refractivity contribution is -0.389. The number of fused-ring (bicyclic) bond motifs is 1. The SMILES string of the molecule is O=[N+]([O-])c1cn2c(n1)OC[C@@H](OCc1ccc(-c3ccc(C(F)(F)F)cc3Cl)cn1)C2. The van der Waals surface area contributed by atoms with Gasteiger partial charge in [0.25, 0.3) is 0 Å². The molecule has 8 nitrogen and oxygen atoms in total. The summed E-state index contributed by atoms with van der Waals surface area (Å²) in [5.41, 5.74) is 0.776. The number of ether oxygens (including phenoxy) is 2. The van der Waals surface area contributed by atoms with Gasteiger partial charge >= 0.3 is 18.0 Å². The molecule has 0 aliphatic carbocycles. The van der Waals surface area contributed by atoms with Gasteiger partial charge in [-0.1, -0.05) is 23.7 Å². The second-order valence-corrected chi connectivity index (χ2v) is 7.17. The molecule has 0 spiro atoms. The summed E-state index contributed by atoms with van der Waals surface area (Å²) in [5, 5.41) is 10.8. The third-order valence-corrected chi connectivity index (χ3v) is 4.92. The Morgan fingerprint density at radius 1 is 1.32 bits per heavy atom. The van der Waals surface area contributed by atoms with Crippen molar-refractivity contribution in [1.82, 2.24) is 14.5 Å². The van der Waals surface area contributed by atoms with Crippen molar-refractivity contribution >= 4 is 17.4 Å². The average Bonchev–Trinajstić information content (AvgIpc) is 3.16. The minimum absolute atomic E-state index is 0.0230. The Bertz CT molecular complexity index is 1120. The first-order chi connectivity index (χ1) is 14.7. The second-order valence-electron chi connectivity index (χ2n) is 6.77. The zero-order valence-electron chi connectivity index (χ0n) is 15.7. The van der Waals surface area contributed by atoms with Crippen molar-refractivity contribution in [3.05, 3.63) is 69.1 Å². The minimum Gasteiger partial charge on any atom is -0.443 e. The smallest absolute Gasteiger partial charge is 0.416 e. The van der Waals surface area contributed by atoms with E-state index in [0.717, 1.165) is 12.1 Å². The van der Waals surface area contributed by atoms with Gasteiger partial charge in [0.1, 0.15) is 18.9 Å². The normalized spacial score (nSPS) is 15.9. The van der Waals surface area contributed by atoms with Crippen LogP contribution in [0.1, 0.15) is 11.3 Å². The maximum absolute atomic E-state index is 12.8. The summed E-state index contributed by atoms with van der Waals surface area (Å²) in [5.74, 6) is -0.296. The maximum atomic E-state index is 12.8. The quantitative estimate of drug-likeness (QED) is 0.416. The van der Waals surface area contributed by atoms with Gasteiger partial charge in [0.05, 0.1) is 24.4 Å². The minimum atomic E-state index is -4.47. The van der Waals surface area contributed by atoms with E-state index in [9.17, 15) is 23.3 Å². The third kappa shape index (κ3) is 4.62. The number of alkyl halides is 3. The monoisotopic (exact) mass is 454 g/mol. The van der Waals surface area contributed by atoms with E-state index < -0.39 is 16.7 Å². The topological polar surface area (TPSA) is 92.3 Å².